The van der Waals surface area contributed by atoms with Crippen LogP contribution < -0.4 is 9.64 Å². The van der Waals surface area contributed by atoms with Crippen molar-refractivity contribution in [1.29, 1.82) is 5.26 Å². The van der Waals surface area contributed by atoms with Crippen molar-refractivity contribution in [3.05, 3.63) is 154 Å². The molecule has 4 aromatic rings. The Hall–Kier alpha value is -6.54. The average Bonchev–Trinajstić information content (AvgIpc) is 3.21. The number of hydrogen-bond donors (Lipinski definition) is 0. The highest BCUT2D eigenvalue weighted by atomic mass is 16.5. The third-order valence-corrected chi connectivity index (χ3v) is 8.73. The van der Waals surface area contributed by atoms with E-state index in [4.69, 9.17) is 27.9 Å². The minimum Gasteiger partial charge on any atom is -0.494 e. The molecule has 0 spiro atoms. The maximum absolute atomic E-state index is 12.6. The predicted octanol–water partition coefficient (Wildman–Crippen LogP) is 11.0. The molecular weight excluding hydrogens is 669 g/mol. The van der Waals surface area contributed by atoms with Crippen LogP contribution in [0, 0.1) is 36.3 Å². The predicted molar refractivity (Wildman–Crippen MR) is 218 cm³/mol. The molecule has 54 heavy (non-hydrogen) atoms. The van der Waals surface area contributed by atoms with Crippen LogP contribution in [0.1, 0.15) is 80.5 Å². The van der Waals surface area contributed by atoms with Crippen LogP contribution in [0.15, 0.2) is 108 Å². The number of ether oxygens (including phenoxy) is 2. The first-order valence-corrected chi connectivity index (χ1v) is 18.4. The summed E-state index contributed by atoms with van der Waals surface area (Å²) in [4.78, 5) is 21.4. The number of anilines is 1. The van der Waals surface area contributed by atoms with E-state index >= 15 is 0 Å². The molecular formula is C47H46N4O3. The number of carbonyl (C=O) groups is 1. The maximum Gasteiger partial charge on any atom is 0.336 e. The Labute approximate surface area is 320 Å². The fraction of sp³-hybridized carbons (Fsp3) is 0.277. The highest BCUT2D eigenvalue weighted by Gasteiger charge is 2.11. The Balaban J connectivity index is 1.12. The molecule has 0 fully saturated rings. The van der Waals surface area contributed by atoms with Gasteiger partial charge in [0.15, 0.2) is 0 Å². The highest BCUT2D eigenvalue weighted by molar-refractivity contribution is 5.95. The third-order valence-electron chi connectivity index (χ3n) is 8.73. The van der Waals surface area contributed by atoms with Crippen molar-refractivity contribution in [1.82, 2.24) is 0 Å². The molecule has 0 aromatic heterocycles. The third kappa shape index (κ3) is 13.5. The van der Waals surface area contributed by atoms with Crippen molar-refractivity contribution >= 4 is 23.8 Å². The van der Waals surface area contributed by atoms with Crippen molar-refractivity contribution in [2.24, 2.45) is 0 Å². The zero-order valence-corrected chi connectivity index (χ0v) is 31.2. The minimum atomic E-state index is -0.614. The van der Waals surface area contributed by atoms with E-state index in [9.17, 15) is 4.79 Å². The number of carbonyl (C=O) groups excluding carboxylic acids is 1. The summed E-state index contributed by atoms with van der Waals surface area (Å²) in [5, 5.41) is 8.94. The molecule has 0 unspecified atom stereocenters. The lowest BCUT2D eigenvalue weighted by Gasteiger charge is -2.19. The van der Waals surface area contributed by atoms with Crippen molar-refractivity contribution < 1.29 is 14.3 Å². The average molecular weight is 715 g/mol. The van der Waals surface area contributed by atoms with Crippen LogP contribution in [-0.2, 0) is 9.53 Å². The second-order valence-corrected chi connectivity index (χ2v) is 12.8. The van der Waals surface area contributed by atoms with Crippen LogP contribution in [-0.4, -0.2) is 32.8 Å². The summed E-state index contributed by atoms with van der Waals surface area (Å²) in [6.07, 6.45) is 11.5. The lowest BCUT2D eigenvalue weighted by molar-refractivity contribution is -0.138. The number of hydrogen-bond acceptors (Lipinski definition) is 5. The van der Waals surface area contributed by atoms with E-state index in [0.29, 0.717) is 13.0 Å². The number of nitrogens with zero attached hydrogens (tertiary/aromatic N) is 4. The Bertz CT molecular complexity index is 2030. The fourth-order valence-electron chi connectivity index (χ4n) is 5.56. The van der Waals surface area contributed by atoms with Gasteiger partial charge in [0, 0.05) is 30.4 Å². The van der Waals surface area contributed by atoms with Crippen LogP contribution >= 0.6 is 0 Å². The molecule has 0 saturated carbocycles. The Morgan fingerprint density at radius 2 is 1.26 bits per heavy atom. The van der Waals surface area contributed by atoms with Gasteiger partial charge < -0.3 is 14.4 Å². The topological polar surface area (TPSA) is 71.3 Å². The zero-order valence-electron chi connectivity index (χ0n) is 31.2. The second kappa shape index (κ2) is 22.4. The summed E-state index contributed by atoms with van der Waals surface area (Å²) >= 11 is 0. The van der Waals surface area contributed by atoms with Gasteiger partial charge in [0.2, 0.25) is 0 Å². The molecule has 0 aliphatic carbocycles. The summed E-state index contributed by atoms with van der Waals surface area (Å²) in [5.41, 5.74) is 6.61. The molecule has 0 N–H and O–H groups in total. The first-order chi connectivity index (χ1) is 26.4. The van der Waals surface area contributed by atoms with Crippen molar-refractivity contribution in [3.63, 3.8) is 0 Å². The van der Waals surface area contributed by atoms with Crippen LogP contribution in [0.2, 0.25) is 0 Å². The molecule has 0 aliphatic heterocycles. The highest BCUT2D eigenvalue weighted by Crippen LogP contribution is 2.24. The summed E-state index contributed by atoms with van der Waals surface area (Å²) in [6.45, 7) is 18.6. The summed E-state index contributed by atoms with van der Waals surface area (Å²) in [5.74, 6) is 6.59. The van der Waals surface area contributed by atoms with E-state index < -0.39 is 5.97 Å². The van der Waals surface area contributed by atoms with E-state index in [-0.39, 0.29) is 18.0 Å². The van der Waals surface area contributed by atoms with E-state index in [0.717, 1.165) is 64.9 Å². The molecule has 4 aromatic carbocycles. The fourth-order valence-corrected chi connectivity index (χ4v) is 5.56. The molecule has 0 atom stereocenters. The molecule has 0 radical (unpaired) electrons. The molecule has 272 valence electrons. The Morgan fingerprint density at radius 1 is 0.704 bits per heavy atom. The van der Waals surface area contributed by atoms with Crippen LogP contribution in [0.25, 0.3) is 33.0 Å². The number of esters is 1. The normalized spacial score (nSPS) is 10.9. The number of nitriles is 1. The first kappa shape index (κ1) is 40.2. The molecule has 0 aliphatic rings. The number of allylic oxidation sites excluding steroid dienone is 1. The second-order valence-electron chi connectivity index (χ2n) is 12.8. The van der Waals surface area contributed by atoms with Gasteiger partial charge in [-0.3, -0.25) is 4.79 Å². The standard InChI is InChI=1S/C47H46N4O3/c1-5-6-7-10-31-51(4)44-27-21-38(22-28-44)14-13-37-15-17-40(18-16-37)35-46(50-3)47(52)54-33-12-9-8-11-32-53-45-29-25-42(26-30-45)41-23-19-39(20-24-41)34-43(36-48)49-2/h15-30,34-35H,5-12,31-33H2,1,4H3/b43-34-,46-35-. The van der Waals surface area contributed by atoms with Gasteiger partial charge in [0.25, 0.3) is 11.4 Å². The van der Waals surface area contributed by atoms with Gasteiger partial charge in [-0.25, -0.2) is 15.0 Å². The van der Waals surface area contributed by atoms with Gasteiger partial charge in [0.1, 0.15) is 5.75 Å². The van der Waals surface area contributed by atoms with Crippen LogP contribution in [0.4, 0.5) is 5.69 Å². The van der Waals surface area contributed by atoms with Gasteiger partial charge in [-0.15, -0.1) is 0 Å². The van der Waals surface area contributed by atoms with Crippen molar-refractivity contribution in [2.45, 2.75) is 58.3 Å². The maximum atomic E-state index is 12.6. The summed E-state index contributed by atoms with van der Waals surface area (Å²) in [7, 11) is 2.13. The molecule has 7 heteroatoms. The molecule has 4 rings (SSSR count). The van der Waals surface area contributed by atoms with Gasteiger partial charge in [-0.05, 0) is 115 Å². The Kier molecular flexibility index (Phi) is 16.7. The van der Waals surface area contributed by atoms with Crippen LogP contribution in [0.5, 0.6) is 5.75 Å². The SMILES string of the molecule is [C-]#[N+]/C(C#N)=C\c1ccc(-c2ccc(OCCCCCCOC(=O)/C(=C/c3ccc(C#Cc4ccc(N(C)CCCCCC)cc4)cc3)[N+]#[C-])cc2)cc1. The summed E-state index contributed by atoms with van der Waals surface area (Å²) in [6, 6.07) is 33.2. The lowest BCUT2D eigenvalue weighted by Crippen LogP contribution is -2.18. The zero-order chi connectivity index (χ0) is 38.4. The van der Waals surface area contributed by atoms with E-state index in [1.807, 2.05) is 91.0 Å². The molecule has 0 bridgehead atoms. The molecule has 0 heterocycles. The lowest BCUT2D eigenvalue weighted by atomic mass is 10.0. The smallest absolute Gasteiger partial charge is 0.336 e. The van der Waals surface area contributed by atoms with Crippen molar-refractivity contribution in [2.75, 3.05) is 31.7 Å². The Morgan fingerprint density at radius 3 is 1.85 bits per heavy atom. The number of benzene rings is 4. The first-order valence-electron chi connectivity index (χ1n) is 18.4. The quantitative estimate of drug-likeness (QED) is 0.0256. The van der Waals surface area contributed by atoms with Crippen LogP contribution in [0.3, 0.4) is 0 Å². The number of unbranched alkanes of at least 4 members (excludes halogenated alkanes) is 6. The van der Waals surface area contributed by atoms with Gasteiger partial charge in [-0.1, -0.05) is 86.6 Å². The van der Waals surface area contributed by atoms with Gasteiger partial charge >= 0.3 is 5.97 Å². The monoisotopic (exact) mass is 714 g/mol. The largest absolute Gasteiger partial charge is 0.494 e. The van der Waals surface area contributed by atoms with E-state index in [1.165, 1.54) is 31.4 Å². The molecule has 7 nitrogen and oxygen atoms in total. The number of rotatable bonds is 18. The molecule has 0 saturated heterocycles. The van der Waals surface area contributed by atoms with Gasteiger partial charge in [0.05, 0.1) is 32.4 Å². The van der Waals surface area contributed by atoms with Gasteiger partial charge in [-0.2, -0.15) is 0 Å². The van der Waals surface area contributed by atoms with Crippen molar-refractivity contribution in [3.8, 4) is 34.8 Å². The van der Waals surface area contributed by atoms with E-state index in [1.54, 1.807) is 12.2 Å². The summed E-state index contributed by atoms with van der Waals surface area (Å²) < 4.78 is 11.3. The minimum absolute atomic E-state index is 0.0522. The van der Waals surface area contributed by atoms with E-state index in [2.05, 4.69) is 52.5 Å². The molecule has 0 amide bonds.